The average molecular weight is 370 g/mol. The lowest BCUT2D eigenvalue weighted by Gasteiger charge is -2.09. The fraction of sp³-hybridized carbons (Fsp3) is 0.111. The maximum Gasteiger partial charge on any atom is 0.277 e. The molecule has 26 heavy (non-hydrogen) atoms. The smallest absolute Gasteiger partial charge is 0.277 e. The Morgan fingerprint density at radius 2 is 1.77 bits per heavy atom. The van der Waals surface area contributed by atoms with Crippen molar-refractivity contribution in [2.24, 2.45) is 0 Å². The minimum atomic E-state index is -1.46. The van der Waals surface area contributed by atoms with Gasteiger partial charge in [-0.05, 0) is 49.4 Å². The second kappa shape index (κ2) is 7.83. The van der Waals surface area contributed by atoms with Crippen LogP contribution in [0.4, 0.5) is 17.1 Å². The van der Waals surface area contributed by atoms with Crippen molar-refractivity contribution in [2.45, 2.75) is 11.8 Å². The Bertz CT molecular complexity index is 938. The molecule has 1 unspecified atom stereocenters. The molecule has 0 spiro atoms. The van der Waals surface area contributed by atoms with E-state index in [9.17, 15) is 9.00 Å². The third kappa shape index (κ3) is 4.28. The van der Waals surface area contributed by atoms with Crippen LogP contribution in [-0.2, 0) is 11.0 Å². The number of hydrogen-bond acceptors (Lipinski definition) is 5. The maximum absolute atomic E-state index is 12.5. The molecule has 0 bridgehead atoms. The second-order valence-corrected chi connectivity index (χ2v) is 6.72. The molecule has 3 N–H and O–H groups in total. The van der Waals surface area contributed by atoms with Gasteiger partial charge in [0.1, 0.15) is 16.7 Å². The first-order valence-corrected chi connectivity index (χ1v) is 9.01. The van der Waals surface area contributed by atoms with Gasteiger partial charge in [-0.25, -0.2) is 4.21 Å². The van der Waals surface area contributed by atoms with E-state index in [2.05, 4.69) is 20.5 Å². The number of aryl methyl sites for hydroxylation is 1. The van der Waals surface area contributed by atoms with Crippen molar-refractivity contribution in [3.05, 3.63) is 66.1 Å². The molecule has 3 rings (SSSR count). The molecule has 0 saturated carbocycles. The predicted octanol–water partition coefficient (Wildman–Crippen LogP) is 3.41. The van der Waals surface area contributed by atoms with Gasteiger partial charge in [-0.15, -0.1) is 0 Å². The van der Waals surface area contributed by atoms with Gasteiger partial charge in [0.05, 0.1) is 4.90 Å². The van der Waals surface area contributed by atoms with Gasteiger partial charge in [-0.2, -0.15) is 0 Å². The maximum atomic E-state index is 12.5. The molecule has 0 saturated heterocycles. The number of nitrogens with one attached hydrogen (secondary N) is 3. The standard InChI is InChI=1S/C18H18N4O3S/c1-12-10-17(21-25-12)18(23)20-15-4-3-5-16(11-15)26(24)22-14-8-6-13(19-2)7-9-14/h3-11,19,22H,1-2H3,(H,20,23). The number of hydrogen-bond donors (Lipinski definition) is 3. The summed E-state index contributed by atoms with van der Waals surface area (Å²) >= 11 is 0. The Kier molecular flexibility index (Phi) is 5.33. The van der Waals surface area contributed by atoms with Gasteiger partial charge in [0.15, 0.2) is 5.69 Å². The number of nitrogens with zero attached hydrogens (tertiary/aromatic N) is 1. The Hall–Kier alpha value is -3.13. The minimum absolute atomic E-state index is 0.191. The number of carbonyl (C=O) groups is 1. The molecule has 134 valence electrons. The molecule has 0 aliphatic rings. The number of amides is 1. The summed E-state index contributed by atoms with van der Waals surface area (Å²) < 4.78 is 20.3. The third-order valence-electron chi connectivity index (χ3n) is 3.55. The van der Waals surface area contributed by atoms with Crippen molar-refractivity contribution in [1.29, 1.82) is 0 Å². The van der Waals surface area contributed by atoms with Crippen LogP contribution in [0.3, 0.4) is 0 Å². The van der Waals surface area contributed by atoms with Crippen LogP contribution < -0.4 is 15.4 Å². The van der Waals surface area contributed by atoms with Gasteiger partial charge in [-0.3, -0.25) is 4.79 Å². The van der Waals surface area contributed by atoms with E-state index in [0.29, 0.717) is 16.3 Å². The number of anilines is 3. The molecule has 0 aliphatic heterocycles. The molecule has 0 fully saturated rings. The largest absolute Gasteiger partial charge is 0.388 e. The van der Waals surface area contributed by atoms with Crippen molar-refractivity contribution in [1.82, 2.24) is 5.16 Å². The average Bonchev–Trinajstić information content (AvgIpc) is 3.09. The van der Waals surface area contributed by atoms with Gasteiger partial charge < -0.3 is 19.9 Å². The number of aromatic nitrogens is 1. The van der Waals surface area contributed by atoms with Crippen molar-refractivity contribution >= 4 is 34.0 Å². The summed E-state index contributed by atoms with van der Waals surface area (Å²) in [4.78, 5) is 12.7. The number of carbonyl (C=O) groups excluding carboxylic acids is 1. The van der Waals surface area contributed by atoms with Crippen molar-refractivity contribution < 1.29 is 13.5 Å². The van der Waals surface area contributed by atoms with E-state index in [1.165, 1.54) is 0 Å². The van der Waals surface area contributed by atoms with Crippen LogP contribution in [0.15, 0.2) is 64.0 Å². The molecule has 1 aromatic heterocycles. The summed E-state index contributed by atoms with van der Waals surface area (Å²) in [6.45, 7) is 1.71. The lowest BCUT2D eigenvalue weighted by atomic mass is 10.3. The van der Waals surface area contributed by atoms with Gasteiger partial charge in [0.25, 0.3) is 5.91 Å². The topological polar surface area (TPSA) is 96.3 Å². The molecule has 0 aliphatic carbocycles. The lowest BCUT2D eigenvalue weighted by molar-refractivity contribution is 0.101. The number of rotatable bonds is 6. The summed E-state index contributed by atoms with van der Waals surface area (Å²) in [5.74, 6) is 0.166. The van der Waals surface area contributed by atoms with E-state index in [0.717, 1.165) is 11.4 Å². The van der Waals surface area contributed by atoms with E-state index in [1.807, 2.05) is 31.3 Å². The Labute approximate surface area is 153 Å². The monoisotopic (exact) mass is 370 g/mol. The molecule has 8 heteroatoms. The summed E-state index contributed by atoms with van der Waals surface area (Å²) in [5.41, 5.74) is 2.41. The van der Waals surface area contributed by atoms with E-state index >= 15 is 0 Å². The van der Waals surface area contributed by atoms with Crippen LogP contribution in [0.5, 0.6) is 0 Å². The normalized spacial score (nSPS) is 11.6. The molecular weight excluding hydrogens is 352 g/mol. The van der Waals surface area contributed by atoms with Crippen LogP contribution in [0, 0.1) is 6.92 Å². The van der Waals surface area contributed by atoms with E-state index in [1.54, 1.807) is 37.3 Å². The van der Waals surface area contributed by atoms with E-state index < -0.39 is 11.0 Å². The zero-order valence-corrected chi connectivity index (χ0v) is 15.1. The van der Waals surface area contributed by atoms with Crippen molar-refractivity contribution in [2.75, 3.05) is 22.4 Å². The molecular formula is C18H18N4O3S. The highest BCUT2D eigenvalue weighted by atomic mass is 32.2. The summed E-state index contributed by atoms with van der Waals surface area (Å²) in [6.07, 6.45) is 0. The Morgan fingerprint density at radius 3 is 2.42 bits per heavy atom. The summed E-state index contributed by atoms with van der Waals surface area (Å²) in [7, 11) is 0.370. The first-order chi connectivity index (χ1) is 12.5. The highest BCUT2D eigenvalue weighted by Crippen LogP contribution is 2.19. The zero-order valence-electron chi connectivity index (χ0n) is 14.3. The molecule has 1 heterocycles. The highest BCUT2D eigenvalue weighted by molar-refractivity contribution is 7.86. The predicted molar refractivity (Wildman–Crippen MR) is 102 cm³/mol. The first kappa shape index (κ1) is 17.7. The quantitative estimate of drug-likeness (QED) is 0.618. The van der Waals surface area contributed by atoms with Crippen LogP contribution >= 0.6 is 0 Å². The SMILES string of the molecule is CNc1ccc(NS(=O)c2cccc(NC(=O)c3cc(C)on3)c2)cc1. The Morgan fingerprint density at radius 1 is 1.04 bits per heavy atom. The lowest BCUT2D eigenvalue weighted by Crippen LogP contribution is -2.13. The minimum Gasteiger partial charge on any atom is -0.388 e. The third-order valence-corrected chi connectivity index (χ3v) is 4.65. The highest BCUT2D eigenvalue weighted by Gasteiger charge is 2.12. The van der Waals surface area contributed by atoms with E-state index in [4.69, 9.17) is 4.52 Å². The number of benzene rings is 2. The van der Waals surface area contributed by atoms with Crippen LogP contribution in [0.2, 0.25) is 0 Å². The van der Waals surface area contributed by atoms with E-state index in [-0.39, 0.29) is 11.6 Å². The summed E-state index contributed by atoms with van der Waals surface area (Å²) in [6, 6.07) is 15.8. The fourth-order valence-electron chi connectivity index (χ4n) is 2.23. The first-order valence-electron chi connectivity index (χ1n) is 7.86. The van der Waals surface area contributed by atoms with Gasteiger partial charge in [-0.1, -0.05) is 11.2 Å². The van der Waals surface area contributed by atoms with Crippen molar-refractivity contribution in [3.8, 4) is 0 Å². The molecule has 3 aromatic rings. The summed E-state index contributed by atoms with van der Waals surface area (Å²) in [5, 5.41) is 9.41. The molecule has 1 atom stereocenters. The molecule has 1 amide bonds. The second-order valence-electron chi connectivity index (χ2n) is 5.50. The molecule has 7 nitrogen and oxygen atoms in total. The van der Waals surface area contributed by atoms with Crippen molar-refractivity contribution in [3.63, 3.8) is 0 Å². The fourth-order valence-corrected chi connectivity index (χ4v) is 3.13. The van der Waals surface area contributed by atoms with Gasteiger partial charge in [0.2, 0.25) is 0 Å². The zero-order chi connectivity index (χ0) is 18.5. The molecule has 0 radical (unpaired) electrons. The van der Waals surface area contributed by atoms with Crippen LogP contribution in [0.25, 0.3) is 0 Å². The van der Waals surface area contributed by atoms with Crippen LogP contribution in [-0.4, -0.2) is 22.3 Å². The molecule has 2 aromatic carbocycles. The van der Waals surface area contributed by atoms with Gasteiger partial charge >= 0.3 is 0 Å². The van der Waals surface area contributed by atoms with Crippen LogP contribution in [0.1, 0.15) is 16.2 Å². The van der Waals surface area contributed by atoms with Gasteiger partial charge in [0, 0.05) is 30.2 Å². The Balaban J connectivity index is 1.69.